The van der Waals surface area contributed by atoms with Crippen LogP contribution in [-0.4, -0.2) is 5.78 Å². The predicted molar refractivity (Wildman–Crippen MR) is 151 cm³/mol. The number of nitrogens with two attached hydrogens (primary N) is 1. The molecule has 0 saturated heterocycles. The molecule has 0 aromatic heterocycles. The van der Waals surface area contributed by atoms with Gasteiger partial charge in [-0.25, -0.2) is 4.39 Å². The molecule has 198 valence electrons. The molecule has 5 rings (SSSR count). The zero-order chi connectivity index (χ0) is 27.8. The molecule has 0 radical (unpaired) electrons. The number of carbonyl (C=O) groups is 1. The van der Waals surface area contributed by atoms with Crippen molar-refractivity contribution in [1.82, 2.24) is 0 Å². The van der Waals surface area contributed by atoms with Gasteiger partial charge in [0.1, 0.15) is 24.0 Å². The number of nitriles is 1. The lowest BCUT2D eigenvalue weighted by atomic mass is 9.73. The van der Waals surface area contributed by atoms with Crippen LogP contribution in [0.25, 0.3) is 0 Å². The fourth-order valence-corrected chi connectivity index (χ4v) is 5.71. The summed E-state index contributed by atoms with van der Waals surface area (Å²) in [6.45, 7) is 4.17. The standard InChI is InChI=1S/C31H26Cl2FN3O2/c1-17-12-19(16-39-22-9-6-20(34)7-10-22)18(2)23(13-17)29-24(15-35)31(36)37(21-8-11-25(32)26(33)14-21)27-4-3-5-28(38)30(27)29/h6-14,29H,3-5,16,36H2,1-2H3. The summed E-state index contributed by atoms with van der Waals surface area (Å²) >= 11 is 12.5. The van der Waals surface area contributed by atoms with Crippen molar-refractivity contribution in [3.8, 4) is 11.8 Å². The van der Waals surface area contributed by atoms with Crippen LogP contribution in [0.4, 0.5) is 10.1 Å². The van der Waals surface area contributed by atoms with Gasteiger partial charge in [0.25, 0.3) is 0 Å². The first-order chi connectivity index (χ1) is 18.7. The van der Waals surface area contributed by atoms with Crippen molar-refractivity contribution < 1.29 is 13.9 Å². The Morgan fingerprint density at radius 3 is 2.51 bits per heavy atom. The number of anilines is 1. The third-order valence-electron chi connectivity index (χ3n) is 7.29. The molecule has 1 unspecified atom stereocenters. The zero-order valence-electron chi connectivity index (χ0n) is 21.5. The fourth-order valence-electron chi connectivity index (χ4n) is 5.42. The summed E-state index contributed by atoms with van der Waals surface area (Å²) < 4.78 is 19.3. The number of halogens is 3. The van der Waals surface area contributed by atoms with Crippen molar-refractivity contribution in [2.75, 3.05) is 4.90 Å². The molecule has 1 aliphatic carbocycles. The molecule has 2 aliphatic rings. The van der Waals surface area contributed by atoms with Gasteiger partial charge in [-0.3, -0.25) is 9.69 Å². The van der Waals surface area contributed by atoms with Crippen LogP contribution in [0.1, 0.15) is 47.4 Å². The minimum absolute atomic E-state index is 0.00317. The van der Waals surface area contributed by atoms with Gasteiger partial charge < -0.3 is 10.5 Å². The molecule has 0 fully saturated rings. The smallest absolute Gasteiger partial charge is 0.161 e. The van der Waals surface area contributed by atoms with Crippen LogP contribution in [-0.2, 0) is 11.4 Å². The van der Waals surface area contributed by atoms with Gasteiger partial charge in [-0.05, 0) is 85.8 Å². The molecule has 3 aromatic rings. The highest BCUT2D eigenvalue weighted by molar-refractivity contribution is 6.42. The number of aryl methyl sites for hydroxylation is 1. The second kappa shape index (κ2) is 10.8. The Bertz CT molecular complexity index is 1590. The Kier molecular flexibility index (Phi) is 7.40. The summed E-state index contributed by atoms with van der Waals surface area (Å²) in [5.74, 6) is -0.140. The van der Waals surface area contributed by atoms with E-state index in [0.29, 0.717) is 51.9 Å². The van der Waals surface area contributed by atoms with Gasteiger partial charge in [0.15, 0.2) is 5.78 Å². The first-order valence-corrected chi connectivity index (χ1v) is 13.3. The Morgan fingerprint density at radius 2 is 1.82 bits per heavy atom. The summed E-state index contributed by atoms with van der Waals surface area (Å²) in [4.78, 5) is 15.3. The van der Waals surface area contributed by atoms with E-state index in [1.54, 1.807) is 35.2 Å². The number of hydrogen-bond donors (Lipinski definition) is 1. The van der Waals surface area contributed by atoms with Crippen LogP contribution in [0, 0.1) is 31.0 Å². The van der Waals surface area contributed by atoms with E-state index in [0.717, 1.165) is 28.0 Å². The highest BCUT2D eigenvalue weighted by Crippen LogP contribution is 2.48. The van der Waals surface area contributed by atoms with Crippen molar-refractivity contribution >= 4 is 34.7 Å². The van der Waals surface area contributed by atoms with Crippen molar-refractivity contribution in [3.63, 3.8) is 0 Å². The van der Waals surface area contributed by atoms with Crippen molar-refractivity contribution in [1.29, 1.82) is 5.26 Å². The molecule has 0 bridgehead atoms. The lowest BCUT2D eigenvalue weighted by Crippen LogP contribution is -2.39. The molecule has 8 heteroatoms. The second-order valence-electron chi connectivity index (χ2n) is 9.80. The number of rotatable bonds is 5. The molecule has 0 saturated carbocycles. The van der Waals surface area contributed by atoms with E-state index >= 15 is 0 Å². The van der Waals surface area contributed by atoms with Crippen LogP contribution in [0.2, 0.25) is 10.0 Å². The first-order valence-electron chi connectivity index (χ1n) is 12.6. The van der Waals surface area contributed by atoms with Gasteiger partial charge in [0, 0.05) is 23.4 Å². The molecule has 5 nitrogen and oxygen atoms in total. The summed E-state index contributed by atoms with van der Waals surface area (Å²) in [7, 11) is 0. The van der Waals surface area contributed by atoms with E-state index in [1.165, 1.54) is 12.1 Å². The van der Waals surface area contributed by atoms with Gasteiger partial charge in [0.2, 0.25) is 0 Å². The minimum Gasteiger partial charge on any atom is -0.489 e. The normalized spacial score (nSPS) is 17.3. The monoisotopic (exact) mass is 561 g/mol. The maximum Gasteiger partial charge on any atom is 0.161 e. The predicted octanol–water partition coefficient (Wildman–Crippen LogP) is 7.63. The van der Waals surface area contributed by atoms with Gasteiger partial charge in [-0.2, -0.15) is 5.26 Å². The summed E-state index contributed by atoms with van der Waals surface area (Å²) in [5, 5.41) is 11.1. The minimum atomic E-state index is -0.610. The lowest BCUT2D eigenvalue weighted by molar-refractivity contribution is -0.116. The Hall–Kier alpha value is -3.79. The van der Waals surface area contributed by atoms with Crippen LogP contribution < -0.4 is 15.4 Å². The maximum absolute atomic E-state index is 13.5. The van der Waals surface area contributed by atoms with Crippen molar-refractivity contribution in [2.24, 2.45) is 5.73 Å². The number of Topliss-reactive ketones (excluding diaryl/α,β-unsaturated/α-hetero) is 1. The molecule has 3 aromatic carbocycles. The summed E-state index contributed by atoms with van der Waals surface area (Å²) in [6.07, 6.45) is 1.71. The topological polar surface area (TPSA) is 79.3 Å². The van der Waals surface area contributed by atoms with E-state index in [1.807, 2.05) is 26.0 Å². The first kappa shape index (κ1) is 26.8. The highest BCUT2D eigenvalue weighted by Gasteiger charge is 2.41. The third-order valence-corrected chi connectivity index (χ3v) is 8.03. The lowest BCUT2D eigenvalue weighted by Gasteiger charge is -2.40. The summed E-state index contributed by atoms with van der Waals surface area (Å²) in [6, 6.07) is 17.3. The van der Waals surface area contributed by atoms with Crippen LogP contribution in [0.3, 0.4) is 0 Å². The molecule has 1 aliphatic heterocycles. The Labute approximate surface area is 236 Å². The van der Waals surface area contributed by atoms with Gasteiger partial charge in [-0.1, -0.05) is 40.9 Å². The average molecular weight is 562 g/mol. The number of hydrogen-bond acceptors (Lipinski definition) is 5. The number of nitrogens with zero attached hydrogens (tertiary/aromatic N) is 2. The summed E-state index contributed by atoms with van der Waals surface area (Å²) in [5.41, 5.74) is 12.6. The van der Waals surface area contributed by atoms with Crippen molar-refractivity contribution in [2.45, 2.75) is 45.6 Å². The second-order valence-corrected chi connectivity index (χ2v) is 10.6. The maximum atomic E-state index is 13.5. The Balaban J connectivity index is 1.63. The van der Waals surface area contributed by atoms with E-state index in [4.69, 9.17) is 33.7 Å². The zero-order valence-corrected chi connectivity index (χ0v) is 23.0. The van der Waals surface area contributed by atoms with Crippen LogP contribution in [0.15, 0.2) is 77.3 Å². The third kappa shape index (κ3) is 5.01. The van der Waals surface area contributed by atoms with Crippen LogP contribution in [0.5, 0.6) is 5.75 Å². The molecule has 0 spiro atoms. The SMILES string of the molecule is Cc1cc(COc2ccc(F)cc2)c(C)c(C2C(C#N)=C(N)N(c3ccc(Cl)c(Cl)c3)C3=C2C(=O)CCC3)c1. The molecule has 39 heavy (non-hydrogen) atoms. The molecule has 1 heterocycles. The average Bonchev–Trinajstić information content (AvgIpc) is 2.91. The van der Waals surface area contributed by atoms with E-state index in [9.17, 15) is 14.4 Å². The number of ether oxygens (including phenoxy) is 1. The van der Waals surface area contributed by atoms with E-state index in [-0.39, 0.29) is 24.0 Å². The van der Waals surface area contributed by atoms with E-state index < -0.39 is 5.92 Å². The number of allylic oxidation sites excluding steroid dienone is 3. The quantitative estimate of drug-likeness (QED) is 0.346. The molecule has 1 atom stereocenters. The molecular formula is C31H26Cl2FN3O2. The van der Waals surface area contributed by atoms with Crippen molar-refractivity contribution in [3.05, 3.63) is 115 Å². The largest absolute Gasteiger partial charge is 0.489 e. The number of carbonyl (C=O) groups excluding carboxylic acids is 1. The molecule has 0 amide bonds. The van der Waals surface area contributed by atoms with E-state index in [2.05, 4.69) is 6.07 Å². The fraction of sp³-hybridized carbons (Fsp3) is 0.226. The van der Waals surface area contributed by atoms with Gasteiger partial charge in [0.05, 0.1) is 27.6 Å². The van der Waals surface area contributed by atoms with Crippen LogP contribution >= 0.6 is 23.2 Å². The van der Waals surface area contributed by atoms with Gasteiger partial charge >= 0.3 is 0 Å². The highest BCUT2D eigenvalue weighted by atomic mass is 35.5. The van der Waals surface area contributed by atoms with Gasteiger partial charge in [-0.15, -0.1) is 0 Å². The molecular weight excluding hydrogens is 536 g/mol. The Morgan fingerprint density at radius 1 is 1.08 bits per heavy atom. The number of benzene rings is 3. The molecule has 2 N–H and O–H groups in total. The number of ketones is 1.